The fourth-order valence-electron chi connectivity index (χ4n) is 2.64. The molecule has 0 saturated carbocycles. The van der Waals surface area contributed by atoms with Crippen LogP contribution in [0.3, 0.4) is 0 Å². The van der Waals surface area contributed by atoms with Gasteiger partial charge in [-0.3, -0.25) is 4.79 Å². The topological polar surface area (TPSA) is 65.1 Å². The van der Waals surface area contributed by atoms with Gasteiger partial charge in [-0.1, -0.05) is 23.2 Å². The number of H-pyrrole nitrogens is 1. The third-order valence-electron chi connectivity index (χ3n) is 3.57. The molecule has 4 nitrogen and oxygen atoms in total. The molecule has 0 unspecified atom stereocenters. The van der Waals surface area contributed by atoms with E-state index in [-0.39, 0.29) is 17.6 Å². The first kappa shape index (κ1) is 12.6. The number of rotatable bonds is 0. The van der Waals surface area contributed by atoms with Crippen LogP contribution in [0.4, 0.5) is 0 Å². The summed E-state index contributed by atoms with van der Waals surface area (Å²) in [6.45, 7) is 2.38. The molecule has 0 saturated heterocycles. The SMILES string of the molecule is C[C@H]1C(=O)NCCc2[nH]c3c(Cl)c(Cl)cc(O)c3c21. The van der Waals surface area contributed by atoms with Crippen LogP contribution in [0.15, 0.2) is 6.07 Å². The summed E-state index contributed by atoms with van der Waals surface area (Å²) in [5.74, 6) is -0.344. The number of aromatic hydroxyl groups is 1. The Bertz CT molecular complexity index is 694. The van der Waals surface area contributed by atoms with Crippen LogP contribution < -0.4 is 5.32 Å². The maximum Gasteiger partial charge on any atom is 0.227 e. The minimum absolute atomic E-state index is 0.0449. The molecule has 3 rings (SSSR count). The number of halogens is 2. The molecule has 1 aromatic carbocycles. The number of fused-ring (bicyclic) bond motifs is 3. The molecular weight excluding hydrogens is 287 g/mol. The molecule has 1 aliphatic rings. The Morgan fingerprint density at radius 1 is 1.42 bits per heavy atom. The Morgan fingerprint density at radius 2 is 2.16 bits per heavy atom. The standard InChI is InChI=1S/C13H12Cl2N2O2/c1-5-9-7(2-3-16-13(5)19)17-12-10(9)8(18)4-6(14)11(12)15/h4-5,17-18H,2-3H2,1H3,(H,16,19)/t5-/m1/s1. The molecule has 2 heterocycles. The van der Waals surface area contributed by atoms with Gasteiger partial charge in [0.25, 0.3) is 0 Å². The van der Waals surface area contributed by atoms with Crippen molar-refractivity contribution in [2.75, 3.05) is 6.54 Å². The quantitative estimate of drug-likeness (QED) is 0.700. The molecule has 19 heavy (non-hydrogen) atoms. The minimum Gasteiger partial charge on any atom is -0.507 e. The third kappa shape index (κ3) is 1.78. The number of hydrogen-bond acceptors (Lipinski definition) is 2. The van der Waals surface area contributed by atoms with Crippen LogP contribution in [0.2, 0.25) is 10.0 Å². The van der Waals surface area contributed by atoms with E-state index < -0.39 is 0 Å². The van der Waals surface area contributed by atoms with E-state index in [2.05, 4.69) is 10.3 Å². The molecule has 0 fully saturated rings. The normalized spacial score (nSPS) is 19.1. The average molecular weight is 299 g/mol. The summed E-state index contributed by atoms with van der Waals surface area (Å²) < 4.78 is 0. The lowest BCUT2D eigenvalue weighted by Gasteiger charge is -2.09. The van der Waals surface area contributed by atoms with Gasteiger partial charge >= 0.3 is 0 Å². The highest BCUT2D eigenvalue weighted by Crippen LogP contribution is 2.42. The fourth-order valence-corrected chi connectivity index (χ4v) is 3.04. The summed E-state index contributed by atoms with van der Waals surface area (Å²) in [6, 6.07) is 1.41. The molecule has 2 aromatic rings. The molecule has 1 aromatic heterocycles. The van der Waals surface area contributed by atoms with Gasteiger partial charge in [-0.2, -0.15) is 0 Å². The van der Waals surface area contributed by atoms with Gasteiger partial charge in [0.05, 0.1) is 21.5 Å². The van der Waals surface area contributed by atoms with Gasteiger partial charge in [-0.15, -0.1) is 0 Å². The van der Waals surface area contributed by atoms with Crippen molar-refractivity contribution in [2.45, 2.75) is 19.3 Å². The molecule has 0 radical (unpaired) electrons. The van der Waals surface area contributed by atoms with E-state index >= 15 is 0 Å². The van der Waals surface area contributed by atoms with Crippen molar-refractivity contribution in [2.24, 2.45) is 0 Å². The highest BCUT2D eigenvalue weighted by molar-refractivity contribution is 6.45. The molecule has 1 atom stereocenters. The third-order valence-corrected chi connectivity index (χ3v) is 4.36. The number of carbonyl (C=O) groups excluding carboxylic acids is 1. The number of nitrogens with one attached hydrogen (secondary N) is 2. The summed E-state index contributed by atoms with van der Waals surface area (Å²) >= 11 is 12.1. The number of phenols is 1. The maximum absolute atomic E-state index is 11.9. The molecule has 0 aliphatic carbocycles. The van der Waals surface area contributed by atoms with E-state index in [4.69, 9.17) is 23.2 Å². The van der Waals surface area contributed by atoms with E-state index in [1.807, 2.05) is 6.92 Å². The molecule has 6 heteroatoms. The van der Waals surface area contributed by atoms with Crippen LogP contribution >= 0.6 is 23.2 Å². The second kappa shape index (κ2) is 4.32. The first-order chi connectivity index (χ1) is 9.00. The van der Waals surface area contributed by atoms with Crippen molar-refractivity contribution in [3.63, 3.8) is 0 Å². The highest BCUT2D eigenvalue weighted by atomic mass is 35.5. The number of hydrogen-bond donors (Lipinski definition) is 3. The van der Waals surface area contributed by atoms with Gasteiger partial charge < -0.3 is 15.4 Å². The van der Waals surface area contributed by atoms with E-state index in [1.54, 1.807) is 0 Å². The molecule has 1 amide bonds. The van der Waals surface area contributed by atoms with Crippen LogP contribution in [-0.4, -0.2) is 22.5 Å². The smallest absolute Gasteiger partial charge is 0.227 e. The van der Waals surface area contributed by atoms with Crippen LogP contribution in [0.1, 0.15) is 24.1 Å². The maximum atomic E-state index is 11.9. The summed E-state index contributed by atoms with van der Waals surface area (Å²) in [6.07, 6.45) is 0.674. The lowest BCUT2D eigenvalue weighted by molar-refractivity contribution is -0.121. The van der Waals surface area contributed by atoms with Crippen LogP contribution in [0, 0.1) is 0 Å². The summed E-state index contributed by atoms with van der Waals surface area (Å²) in [4.78, 5) is 15.1. The Hall–Kier alpha value is -1.39. The number of aromatic amines is 1. The Labute approximate surface area is 119 Å². The van der Waals surface area contributed by atoms with E-state index in [0.29, 0.717) is 33.9 Å². The zero-order valence-electron chi connectivity index (χ0n) is 10.2. The van der Waals surface area contributed by atoms with Crippen LogP contribution in [0.25, 0.3) is 10.9 Å². The van der Waals surface area contributed by atoms with Crippen molar-refractivity contribution in [1.82, 2.24) is 10.3 Å². The molecule has 1 aliphatic heterocycles. The zero-order valence-corrected chi connectivity index (χ0v) is 11.7. The van der Waals surface area contributed by atoms with Gasteiger partial charge in [0.2, 0.25) is 5.91 Å². The van der Waals surface area contributed by atoms with Crippen molar-refractivity contribution < 1.29 is 9.90 Å². The largest absolute Gasteiger partial charge is 0.507 e. The highest BCUT2D eigenvalue weighted by Gasteiger charge is 2.28. The van der Waals surface area contributed by atoms with Crippen molar-refractivity contribution >= 4 is 40.0 Å². The number of phenolic OH excluding ortho intramolecular Hbond substituents is 1. The van der Waals surface area contributed by atoms with Crippen molar-refractivity contribution in [3.05, 3.63) is 27.4 Å². The number of amides is 1. The van der Waals surface area contributed by atoms with E-state index in [0.717, 1.165) is 11.3 Å². The molecule has 100 valence electrons. The Balaban J connectivity index is 2.40. The summed E-state index contributed by atoms with van der Waals surface area (Å²) in [7, 11) is 0. The molecular formula is C13H12Cl2N2O2. The van der Waals surface area contributed by atoms with Gasteiger partial charge in [-0.05, 0) is 12.5 Å². The number of carbonyl (C=O) groups is 1. The van der Waals surface area contributed by atoms with Crippen molar-refractivity contribution in [3.8, 4) is 5.75 Å². The monoisotopic (exact) mass is 298 g/mol. The summed E-state index contributed by atoms with van der Waals surface area (Å²) in [5, 5.41) is 14.2. The lowest BCUT2D eigenvalue weighted by atomic mass is 9.96. The predicted octanol–water partition coefficient (Wildman–Crippen LogP) is 2.96. The Morgan fingerprint density at radius 3 is 2.89 bits per heavy atom. The molecule has 0 bridgehead atoms. The number of benzene rings is 1. The second-order valence-corrected chi connectivity index (χ2v) is 5.51. The summed E-state index contributed by atoms with van der Waals surface area (Å²) in [5.41, 5.74) is 2.32. The number of aromatic nitrogens is 1. The average Bonchev–Trinajstić information content (AvgIpc) is 2.69. The Kier molecular flexibility index (Phi) is 2.87. The first-order valence-electron chi connectivity index (χ1n) is 5.99. The van der Waals surface area contributed by atoms with Gasteiger partial charge in [0, 0.05) is 30.1 Å². The van der Waals surface area contributed by atoms with Crippen LogP contribution in [0.5, 0.6) is 5.75 Å². The second-order valence-electron chi connectivity index (χ2n) is 4.72. The predicted molar refractivity (Wildman–Crippen MR) is 75.1 cm³/mol. The zero-order chi connectivity index (χ0) is 13.7. The molecule has 3 N–H and O–H groups in total. The molecule has 0 spiro atoms. The van der Waals surface area contributed by atoms with Crippen LogP contribution in [-0.2, 0) is 11.2 Å². The van der Waals surface area contributed by atoms with E-state index in [9.17, 15) is 9.90 Å². The lowest BCUT2D eigenvalue weighted by Crippen LogP contribution is -2.26. The van der Waals surface area contributed by atoms with Gasteiger partial charge in [0.1, 0.15) is 5.75 Å². The van der Waals surface area contributed by atoms with E-state index in [1.165, 1.54) is 6.07 Å². The fraction of sp³-hybridized carbons (Fsp3) is 0.308. The van der Waals surface area contributed by atoms with Gasteiger partial charge in [-0.25, -0.2) is 0 Å². The van der Waals surface area contributed by atoms with Gasteiger partial charge in [0.15, 0.2) is 0 Å². The first-order valence-corrected chi connectivity index (χ1v) is 6.75. The minimum atomic E-state index is -0.339. The van der Waals surface area contributed by atoms with Crippen molar-refractivity contribution in [1.29, 1.82) is 0 Å².